The first-order valence-electron chi connectivity index (χ1n) is 6.17. The summed E-state index contributed by atoms with van der Waals surface area (Å²) < 4.78 is 1.53. The molecule has 0 radical (unpaired) electrons. The van der Waals surface area contributed by atoms with Gasteiger partial charge in [0.1, 0.15) is 5.82 Å². The maximum absolute atomic E-state index is 12.6. The number of halogens is 1. The lowest BCUT2D eigenvalue weighted by atomic mass is 10.2. The first kappa shape index (κ1) is 12.8. The van der Waals surface area contributed by atoms with E-state index in [4.69, 9.17) is 17.3 Å². The SMILES string of the molecule is NCc1nc2ccccc2c(=O)n1-c1ccc(Cl)cc1. The van der Waals surface area contributed by atoms with E-state index in [0.717, 1.165) is 0 Å². The van der Waals surface area contributed by atoms with E-state index in [-0.39, 0.29) is 12.1 Å². The van der Waals surface area contributed by atoms with E-state index >= 15 is 0 Å². The van der Waals surface area contributed by atoms with Gasteiger partial charge < -0.3 is 5.73 Å². The van der Waals surface area contributed by atoms with Crippen molar-refractivity contribution >= 4 is 22.5 Å². The molecule has 0 amide bonds. The van der Waals surface area contributed by atoms with Gasteiger partial charge >= 0.3 is 0 Å². The summed E-state index contributed by atoms with van der Waals surface area (Å²) >= 11 is 5.88. The van der Waals surface area contributed by atoms with Crippen LogP contribution in [0.5, 0.6) is 0 Å². The smallest absolute Gasteiger partial charge is 0.266 e. The quantitative estimate of drug-likeness (QED) is 0.787. The minimum atomic E-state index is -0.127. The second-order valence-corrected chi connectivity index (χ2v) is 4.80. The Balaban J connectivity index is 2.36. The van der Waals surface area contributed by atoms with Crippen molar-refractivity contribution in [2.45, 2.75) is 6.54 Å². The lowest BCUT2D eigenvalue weighted by Crippen LogP contribution is -2.25. The lowest BCUT2D eigenvalue weighted by Gasteiger charge is -2.12. The van der Waals surface area contributed by atoms with E-state index in [9.17, 15) is 4.79 Å². The molecule has 5 heteroatoms. The zero-order chi connectivity index (χ0) is 14.1. The standard InChI is InChI=1S/C15H12ClN3O/c16-10-5-7-11(8-6-10)19-14(9-17)18-13-4-2-1-3-12(13)15(19)20/h1-8H,9,17H2. The molecule has 4 nitrogen and oxygen atoms in total. The molecule has 20 heavy (non-hydrogen) atoms. The van der Waals surface area contributed by atoms with Crippen molar-refractivity contribution in [3.8, 4) is 5.69 Å². The van der Waals surface area contributed by atoms with Gasteiger partial charge in [-0.1, -0.05) is 23.7 Å². The third-order valence-electron chi connectivity index (χ3n) is 3.11. The number of aromatic nitrogens is 2. The maximum Gasteiger partial charge on any atom is 0.266 e. The van der Waals surface area contributed by atoms with Crippen LogP contribution in [0.25, 0.3) is 16.6 Å². The van der Waals surface area contributed by atoms with E-state index in [1.807, 2.05) is 18.2 Å². The Morgan fingerprint density at radius 2 is 1.80 bits per heavy atom. The highest BCUT2D eigenvalue weighted by atomic mass is 35.5. The van der Waals surface area contributed by atoms with Crippen LogP contribution in [0.2, 0.25) is 5.02 Å². The number of rotatable bonds is 2. The number of nitrogens with two attached hydrogens (primary N) is 1. The van der Waals surface area contributed by atoms with E-state index in [1.54, 1.807) is 30.3 Å². The molecule has 0 aliphatic rings. The van der Waals surface area contributed by atoms with Gasteiger partial charge in [-0.25, -0.2) is 4.98 Å². The number of hydrogen-bond acceptors (Lipinski definition) is 3. The molecule has 0 saturated carbocycles. The van der Waals surface area contributed by atoms with Crippen molar-refractivity contribution in [3.63, 3.8) is 0 Å². The van der Waals surface area contributed by atoms with Gasteiger partial charge in [-0.05, 0) is 36.4 Å². The van der Waals surface area contributed by atoms with Crippen molar-refractivity contribution in [1.82, 2.24) is 9.55 Å². The number of nitrogens with zero attached hydrogens (tertiary/aromatic N) is 2. The molecule has 3 rings (SSSR count). The Hall–Kier alpha value is -2.17. The highest BCUT2D eigenvalue weighted by molar-refractivity contribution is 6.30. The molecule has 0 atom stereocenters. The summed E-state index contributed by atoms with van der Waals surface area (Å²) in [7, 11) is 0. The summed E-state index contributed by atoms with van der Waals surface area (Å²) in [5.41, 5.74) is 6.97. The van der Waals surface area contributed by atoms with Gasteiger partial charge in [0.25, 0.3) is 5.56 Å². The van der Waals surface area contributed by atoms with Gasteiger partial charge in [0.2, 0.25) is 0 Å². The molecule has 0 saturated heterocycles. The summed E-state index contributed by atoms with van der Waals surface area (Å²) in [6.07, 6.45) is 0. The van der Waals surface area contributed by atoms with Crippen LogP contribution in [-0.4, -0.2) is 9.55 Å². The molecule has 0 spiro atoms. The van der Waals surface area contributed by atoms with Crippen LogP contribution in [0, 0.1) is 0 Å². The van der Waals surface area contributed by atoms with Gasteiger partial charge in [0.05, 0.1) is 23.1 Å². The molecule has 0 unspecified atom stereocenters. The molecule has 3 aromatic rings. The average Bonchev–Trinajstić information content (AvgIpc) is 2.48. The molecule has 1 heterocycles. The second kappa shape index (κ2) is 5.07. The number of benzene rings is 2. The molecule has 0 bridgehead atoms. The molecule has 0 aliphatic heterocycles. The predicted molar refractivity (Wildman–Crippen MR) is 80.2 cm³/mol. The van der Waals surface area contributed by atoms with Gasteiger partial charge in [-0.2, -0.15) is 0 Å². The van der Waals surface area contributed by atoms with Gasteiger partial charge in [-0.3, -0.25) is 9.36 Å². The Bertz CT molecular complexity index is 825. The largest absolute Gasteiger partial charge is 0.324 e. The monoisotopic (exact) mass is 285 g/mol. The predicted octanol–water partition coefficient (Wildman–Crippen LogP) is 2.50. The third kappa shape index (κ3) is 2.09. The molecular formula is C15H12ClN3O. The zero-order valence-corrected chi connectivity index (χ0v) is 11.3. The van der Waals surface area contributed by atoms with Gasteiger partial charge in [0, 0.05) is 5.02 Å². The number of fused-ring (bicyclic) bond motifs is 1. The van der Waals surface area contributed by atoms with Crippen molar-refractivity contribution < 1.29 is 0 Å². The molecule has 100 valence electrons. The first-order valence-corrected chi connectivity index (χ1v) is 6.55. The summed E-state index contributed by atoms with van der Waals surface area (Å²) in [5.74, 6) is 0.524. The van der Waals surface area contributed by atoms with E-state index in [2.05, 4.69) is 4.98 Å². The Morgan fingerprint density at radius 3 is 2.50 bits per heavy atom. The zero-order valence-electron chi connectivity index (χ0n) is 10.6. The fourth-order valence-electron chi connectivity index (χ4n) is 2.17. The van der Waals surface area contributed by atoms with Crippen LogP contribution >= 0.6 is 11.6 Å². The Morgan fingerprint density at radius 1 is 1.10 bits per heavy atom. The number of hydrogen-bond donors (Lipinski definition) is 1. The average molecular weight is 286 g/mol. The van der Waals surface area contributed by atoms with Crippen LogP contribution in [-0.2, 0) is 6.54 Å². The summed E-state index contributed by atoms with van der Waals surface area (Å²) in [4.78, 5) is 17.1. The molecule has 1 aromatic heterocycles. The van der Waals surface area contributed by atoms with Crippen molar-refractivity contribution in [3.05, 3.63) is 69.7 Å². The Labute approximate surface area is 120 Å². The summed E-state index contributed by atoms with van der Waals surface area (Å²) in [5, 5.41) is 1.18. The van der Waals surface area contributed by atoms with Crippen LogP contribution in [0.4, 0.5) is 0 Å². The van der Waals surface area contributed by atoms with Crippen molar-refractivity contribution in [1.29, 1.82) is 0 Å². The van der Waals surface area contributed by atoms with E-state index in [1.165, 1.54) is 4.57 Å². The fourth-order valence-corrected chi connectivity index (χ4v) is 2.30. The third-order valence-corrected chi connectivity index (χ3v) is 3.36. The van der Waals surface area contributed by atoms with Crippen LogP contribution in [0.1, 0.15) is 5.82 Å². The highest BCUT2D eigenvalue weighted by Crippen LogP contribution is 2.15. The second-order valence-electron chi connectivity index (χ2n) is 4.37. The Kier molecular flexibility index (Phi) is 3.26. The normalized spacial score (nSPS) is 10.9. The number of para-hydroxylation sites is 1. The van der Waals surface area contributed by atoms with Crippen molar-refractivity contribution in [2.24, 2.45) is 5.73 Å². The molecule has 0 aliphatic carbocycles. The minimum absolute atomic E-state index is 0.127. The summed E-state index contributed by atoms with van der Waals surface area (Å²) in [6.45, 7) is 0.183. The molecule has 0 fully saturated rings. The topological polar surface area (TPSA) is 60.9 Å². The molecule has 2 aromatic carbocycles. The van der Waals surface area contributed by atoms with Crippen molar-refractivity contribution in [2.75, 3.05) is 0 Å². The lowest BCUT2D eigenvalue weighted by molar-refractivity contribution is 0.816. The fraction of sp³-hybridized carbons (Fsp3) is 0.0667. The van der Waals surface area contributed by atoms with E-state index in [0.29, 0.717) is 27.4 Å². The van der Waals surface area contributed by atoms with Crippen LogP contribution in [0.3, 0.4) is 0 Å². The highest BCUT2D eigenvalue weighted by Gasteiger charge is 2.11. The van der Waals surface area contributed by atoms with Gasteiger partial charge in [-0.15, -0.1) is 0 Å². The first-order chi connectivity index (χ1) is 9.70. The molecule has 2 N–H and O–H groups in total. The van der Waals surface area contributed by atoms with Crippen LogP contribution in [0.15, 0.2) is 53.3 Å². The maximum atomic E-state index is 12.6. The van der Waals surface area contributed by atoms with Crippen LogP contribution < -0.4 is 11.3 Å². The van der Waals surface area contributed by atoms with Gasteiger partial charge in [0.15, 0.2) is 0 Å². The summed E-state index contributed by atoms with van der Waals surface area (Å²) in [6, 6.07) is 14.3. The van der Waals surface area contributed by atoms with E-state index < -0.39 is 0 Å². The minimum Gasteiger partial charge on any atom is -0.324 e. The molecular weight excluding hydrogens is 274 g/mol.